The molecule has 1 unspecified atom stereocenters. The van der Waals surface area contributed by atoms with Crippen LogP contribution in [-0.4, -0.2) is 25.8 Å². The van der Waals surface area contributed by atoms with E-state index in [1.54, 1.807) is 10.5 Å². The van der Waals surface area contributed by atoms with Crippen molar-refractivity contribution in [3.05, 3.63) is 24.0 Å². The lowest BCUT2D eigenvalue weighted by Crippen LogP contribution is -3.01. The van der Waals surface area contributed by atoms with Gasteiger partial charge in [-0.1, -0.05) is 52.4 Å². The maximum atomic E-state index is 9.08. The monoisotopic (exact) mass is 345 g/mol. The molecule has 0 fully saturated rings. The van der Waals surface area contributed by atoms with Gasteiger partial charge < -0.3 is 4.55 Å². The van der Waals surface area contributed by atoms with Crippen LogP contribution in [0.1, 0.15) is 78.1 Å². The Hall–Kier alpha value is -0.650. The molecule has 0 radical (unpaired) electrons. The first-order valence-electron chi connectivity index (χ1n) is 9.02. The van der Waals surface area contributed by atoms with Crippen LogP contribution in [-0.2, 0) is 10.1 Å². The average molecular weight is 346 g/mol. The van der Waals surface area contributed by atoms with Crippen LogP contribution in [0.4, 0.5) is 0 Å². The molecule has 1 heterocycles. The largest absolute Gasteiger partial charge is 0.748 e. The molecule has 1 N–H and O–H groups in total. The van der Waals surface area contributed by atoms with E-state index in [2.05, 4.69) is 32.3 Å². The lowest BCUT2D eigenvalue weighted by Gasteiger charge is -2.06. The van der Waals surface area contributed by atoms with Gasteiger partial charge in [0.2, 0.25) is 0 Å². The van der Waals surface area contributed by atoms with Crippen LogP contribution in [0.25, 0.3) is 0 Å². The zero-order chi connectivity index (χ0) is 17.6. The fourth-order valence-electron chi connectivity index (χ4n) is 2.53. The van der Waals surface area contributed by atoms with Crippen molar-refractivity contribution in [3.8, 4) is 0 Å². The third-order valence-electron chi connectivity index (χ3n) is 3.77. The van der Waals surface area contributed by atoms with Crippen molar-refractivity contribution in [1.29, 1.82) is 0 Å². The van der Waals surface area contributed by atoms with Gasteiger partial charge in [0, 0.05) is 17.9 Å². The first-order valence-corrected chi connectivity index (χ1v) is 10.8. The molecule has 0 saturated carbocycles. The molecule has 4 nitrogen and oxygen atoms in total. The number of quaternary nitrogens is 1. The summed E-state index contributed by atoms with van der Waals surface area (Å²) < 4.78 is 27.2. The molecule has 0 aromatic heterocycles. The fourth-order valence-corrected chi connectivity index (χ4v) is 2.53. The highest BCUT2D eigenvalue weighted by atomic mass is 32.2. The number of hydrogen-bond acceptors (Lipinski definition) is 3. The van der Waals surface area contributed by atoms with Gasteiger partial charge in [-0.3, -0.25) is 4.90 Å². The maximum absolute atomic E-state index is 9.08. The zero-order valence-corrected chi connectivity index (χ0v) is 16.0. The Balaban J connectivity index is 0.000000841. The van der Waals surface area contributed by atoms with E-state index < -0.39 is 10.1 Å². The van der Waals surface area contributed by atoms with Gasteiger partial charge in [0.05, 0.1) is 22.9 Å². The van der Waals surface area contributed by atoms with E-state index in [0.29, 0.717) is 6.26 Å². The predicted molar refractivity (Wildman–Crippen MR) is 96.2 cm³/mol. The molecule has 0 aromatic rings. The van der Waals surface area contributed by atoms with Crippen LogP contribution in [0.15, 0.2) is 24.0 Å². The highest BCUT2D eigenvalue weighted by molar-refractivity contribution is 7.84. The third-order valence-corrected chi connectivity index (χ3v) is 3.77. The van der Waals surface area contributed by atoms with Crippen LogP contribution in [0.3, 0.4) is 0 Å². The molecule has 1 aliphatic heterocycles. The molecule has 0 spiro atoms. The Morgan fingerprint density at radius 3 is 2.04 bits per heavy atom. The quantitative estimate of drug-likeness (QED) is 0.461. The first-order chi connectivity index (χ1) is 10.9. The standard InChI is InChI=1S/C17H31N.CH4O3S/c1-3-5-7-8-9-10-11-14-18-15-13-17(16-18)12-6-4-2;1-5(2,3)4/h13,15-16H,3-12,14H2,1-2H3;1H3,(H,2,3,4). The minimum Gasteiger partial charge on any atom is -0.748 e. The van der Waals surface area contributed by atoms with Crippen molar-refractivity contribution in [2.75, 3.05) is 12.8 Å². The molecule has 23 heavy (non-hydrogen) atoms. The normalized spacial score (nSPS) is 16.9. The van der Waals surface area contributed by atoms with E-state index >= 15 is 0 Å². The van der Waals surface area contributed by atoms with Crippen LogP contribution < -0.4 is 4.90 Å². The summed E-state index contributed by atoms with van der Waals surface area (Å²) in [6.07, 6.45) is 21.5. The van der Waals surface area contributed by atoms with E-state index in [1.807, 2.05) is 0 Å². The van der Waals surface area contributed by atoms with Gasteiger partial charge in [0.1, 0.15) is 6.20 Å². The second-order valence-electron chi connectivity index (χ2n) is 6.31. The Kier molecular flexibility index (Phi) is 13.4. The number of allylic oxidation sites excluding steroid dienone is 2. The van der Waals surface area contributed by atoms with Crippen LogP contribution in [0, 0.1) is 0 Å². The first kappa shape index (κ1) is 22.4. The highest BCUT2D eigenvalue weighted by Gasteiger charge is 2.09. The summed E-state index contributed by atoms with van der Waals surface area (Å²) in [5.41, 5.74) is 1.55. The Morgan fingerprint density at radius 2 is 1.48 bits per heavy atom. The molecule has 0 amide bonds. The van der Waals surface area contributed by atoms with Gasteiger partial charge >= 0.3 is 0 Å². The van der Waals surface area contributed by atoms with Gasteiger partial charge in [0.15, 0.2) is 0 Å². The van der Waals surface area contributed by atoms with E-state index in [4.69, 9.17) is 13.0 Å². The lowest BCUT2D eigenvalue weighted by atomic mass is 10.1. The molecule has 0 aliphatic carbocycles. The summed E-state index contributed by atoms with van der Waals surface area (Å²) >= 11 is 0. The molecule has 1 rings (SSSR count). The second-order valence-corrected chi connectivity index (χ2v) is 7.71. The zero-order valence-electron chi connectivity index (χ0n) is 15.1. The molecule has 0 bridgehead atoms. The van der Waals surface area contributed by atoms with Gasteiger partial charge in [-0.25, -0.2) is 8.42 Å². The number of nitrogens with one attached hydrogen (secondary N) is 1. The summed E-state index contributed by atoms with van der Waals surface area (Å²) in [5.74, 6) is 0. The minimum atomic E-state index is -3.92. The van der Waals surface area contributed by atoms with Crippen LogP contribution in [0.2, 0.25) is 0 Å². The summed E-state index contributed by atoms with van der Waals surface area (Å²) in [6.45, 7) is 5.84. The summed E-state index contributed by atoms with van der Waals surface area (Å²) in [4.78, 5) is 1.56. The van der Waals surface area contributed by atoms with Crippen molar-refractivity contribution in [1.82, 2.24) is 0 Å². The van der Waals surface area contributed by atoms with E-state index in [-0.39, 0.29) is 0 Å². The second kappa shape index (κ2) is 13.8. The smallest absolute Gasteiger partial charge is 0.102 e. The van der Waals surface area contributed by atoms with Crippen LogP contribution in [0.5, 0.6) is 0 Å². The number of unbranched alkanes of at least 4 members (excludes halogenated alkanes) is 7. The Labute approximate surface area is 143 Å². The van der Waals surface area contributed by atoms with Crippen molar-refractivity contribution >= 4 is 10.1 Å². The summed E-state index contributed by atoms with van der Waals surface area (Å²) in [6, 6.07) is 0. The van der Waals surface area contributed by atoms with Crippen molar-refractivity contribution in [2.45, 2.75) is 78.1 Å². The van der Waals surface area contributed by atoms with Crippen molar-refractivity contribution < 1.29 is 17.9 Å². The average Bonchev–Trinajstić information content (AvgIpc) is 2.90. The lowest BCUT2D eigenvalue weighted by molar-refractivity contribution is -0.788. The van der Waals surface area contributed by atoms with E-state index in [0.717, 1.165) is 0 Å². The van der Waals surface area contributed by atoms with Gasteiger partial charge in [-0.05, 0) is 25.7 Å². The molecule has 0 saturated heterocycles. The number of hydrogen-bond donors (Lipinski definition) is 1. The molecule has 5 heteroatoms. The third kappa shape index (κ3) is 17.5. The van der Waals surface area contributed by atoms with Crippen molar-refractivity contribution in [3.63, 3.8) is 0 Å². The summed E-state index contributed by atoms with van der Waals surface area (Å²) in [5, 5.41) is 0. The van der Waals surface area contributed by atoms with Gasteiger partial charge in [-0.2, -0.15) is 0 Å². The maximum Gasteiger partial charge on any atom is 0.102 e. The topological polar surface area (TPSA) is 61.6 Å². The molecular weight excluding hydrogens is 310 g/mol. The molecular formula is C18H35NO3S. The molecule has 1 aliphatic rings. The Morgan fingerprint density at radius 1 is 0.957 bits per heavy atom. The Bertz CT molecular complexity index is 433. The van der Waals surface area contributed by atoms with Crippen LogP contribution >= 0.6 is 0 Å². The summed E-state index contributed by atoms with van der Waals surface area (Å²) in [7, 11) is -3.92. The van der Waals surface area contributed by atoms with Crippen molar-refractivity contribution in [2.24, 2.45) is 0 Å². The van der Waals surface area contributed by atoms with Gasteiger partial charge in [0.25, 0.3) is 0 Å². The molecule has 0 aromatic carbocycles. The van der Waals surface area contributed by atoms with Gasteiger partial charge in [-0.15, -0.1) is 0 Å². The highest BCUT2D eigenvalue weighted by Crippen LogP contribution is 2.09. The SMILES string of the molecule is CCCCCCCCC[NH+]1C=CC(CCCC)=C1.CS(=O)(=O)[O-]. The predicted octanol–water partition coefficient (Wildman–Crippen LogP) is 3.38. The minimum absolute atomic E-state index is 0.604. The van der Waals surface area contributed by atoms with E-state index in [1.165, 1.54) is 70.8 Å². The molecule has 1 atom stereocenters. The number of rotatable bonds is 11. The fraction of sp³-hybridized carbons (Fsp3) is 0.778. The molecule has 136 valence electrons. The van der Waals surface area contributed by atoms with E-state index in [9.17, 15) is 0 Å².